The number of amides is 1. The van der Waals surface area contributed by atoms with E-state index in [0.29, 0.717) is 13.0 Å². The molecular formula is C17H21BrN4O4S. The molecule has 0 bridgehead atoms. The molecule has 0 aliphatic heterocycles. The normalized spacial score (nSPS) is 11.2. The van der Waals surface area contributed by atoms with Gasteiger partial charge in [-0.05, 0) is 40.6 Å². The first-order valence-corrected chi connectivity index (χ1v) is 9.86. The zero-order valence-electron chi connectivity index (χ0n) is 15.0. The molecule has 0 radical (unpaired) electrons. The van der Waals surface area contributed by atoms with Gasteiger partial charge in [0.1, 0.15) is 5.82 Å². The Morgan fingerprint density at radius 1 is 1.44 bits per heavy atom. The second kappa shape index (κ2) is 9.67. The fourth-order valence-corrected chi connectivity index (χ4v) is 3.79. The number of carbonyl (C=O) groups excluding carboxylic acids is 1. The molecule has 1 amide bonds. The first kappa shape index (κ1) is 21.1. The third kappa shape index (κ3) is 5.18. The zero-order valence-corrected chi connectivity index (χ0v) is 17.4. The van der Waals surface area contributed by atoms with Crippen LogP contribution in [0.2, 0.25) is 0 Å². The van der Waals surface area contributed by atoms with E-state index >= 15 is 0 Å². The fourth-order valence-electron chi connectivity index (χ4n) is 2.46. The Hall–Kier alpha value is -2.17. The number of nitrogens with one attached hydrogen (secondary N) is 1. The molecule has 27 heavy (non-hydrogen) atoms. The lowest BCUT2D eigenvalue weighted by molar-refractivity contribution is -0.114. The van der Waals surface area contributed by atoms with Crippen LogP contribution in [0.4, 0.5) is 11.5 Å². The summed E-state index contributed by atoms with van der Waals surface area (Å²) in [5.41, 5.74) is 4.72. The molecule has 0 aromatic carbocycles. The molecule has 0 aliphatic rings. The number of aromatic nitrogens is 2. The molecule has 0 spiro atoms. The van der Waals surface area contributed by atoms with Gasteiger partial charge in [-0.15, -0.1) is 11.3 Å². The zero-order chi connectivity index (χ0) is 20.0. The molecule has 0 saturated carbocycles. The molecule has 2 rings (SSSR count). The highest BCUT2D eigenvalue weighted by molar-refractivity contribution is 9.11. The van der Waals surface area contributed by atoms with E-state index in [9.17, 15) is 14.4 Å². The van der Waals surface area contributed by atoms with E-state index in [1.807, 2.05) is 19.1 Å². The molecule has 10 heteroatoms. The third-order valence-corrected chi connectivity index (χ3v) is 5.29. The molecule has 2 aromatic heterocycles. The van der Waals surface area contributed by atoms with Crippen molar-refractivity contribution in [1.82, 2.24) is 9.55 Å². The molecular weight excluding hydrogens is 436 g/mol. The molecule has 3 N–H and O–H groups in total. The van der Waals surface area contributed by atoms with Crippen molar-refractivity contribution >= 4 is 50.8 Å². The second-order valence-corrected chi connectivity index (χ2v) is 8.10. The number of halogens is 1. The van der Waals surface area contributed by atoms with Crippen molar-refractivity contribution in [3.8, 4) is 0 Å². The van der Waals surface area contributed by atoms with E-state index in [1.54, 1.807) is 6.08 Å². The molecule has 2 aromatic rings. The summed E-state index contributed by atoms with van der Waals surface area (Å²) in [5.74, 6) is -0.474. The average Bonchev–Trinajstić information content (AvgIpc) is 3.04. The Bertz CT molecular complexity index is 947. The Morgan fingerprint density at radius 2 is 2.19 bits per heavy atom. The van der Waals surface area contributed by atoms with Crippen molar-refractivity contribution in [3.63, 3.8) is 0 Å². The standard InChI is InChI=1S/C17H21BrN4O4S/c1-3-8-22-15(19)14(16(24)20-17(22)25)21(9-10-26-2)13(23)7-5-11-4-6-12(18)27-11/h4-7H,3,8-10,19H2,1-2H3,(H,20,24,25)/b7-5+. The average molecular weight is 457 g/mol. The monoisotopic (exact) mass is 456 g/mol. The van der Waals surface area contributed by atoms with Gasteiger partial charge in [-0.3, -0.25) is 24.0 Å². The minimum Gasteiger partial charge on any atom is -0.383 e. The van der Waals surface area contributed by atoms with Crippen LogP contribution >= 0.6 is 27.3 Å². The Morgan fingerprint density at radius 3 is 2.78 bits per heavy atom. The number of hydrogen-bond donors (Lipinski definition) is 2. The summed E-state index contributed by atoms with van der Waals surface area (Å²) >= 11 is 4.83. The third-order valence-electron chi connectivity index (χ3n) is 3.70. The number of hydrogen-bond acceptors (Lipinski definition) is 6. The van der Waals surface area contributed by atoms with Gasteiger partial charge in [-0.1, -0.05) is 6.92 Å². The highest BCUT2D eigenvalue weighted by Gasteiger charge is 2.22. The number of nitrogens with two attached hydrogens (primary N) is 1. The van der Waals surface area contributed by atoms with E-state index in [-0.39, 0.29) is 24.7 Å². The number of rotatable bonds is 8. The van der Waals surface area contributed by atoms with Crippen molar-refractivity contribution in [3.05, 3.63) is 47.7 Å². The van der Waals surface area contributed by atoms with Crippen LogP contribution in [0, 0.1) is 0 Å². The number of aromatic amines is 1. The Kier molecular flexibility index (Phi) is 7.57. The first-order chi connectivity index (χ1) is 12.9. The van der Waals surface area contributed by atoms with E-state index in [0.717, 1.165) is 8.66 Å². The maximum absolute atomic E-state index is 12.8. The topological polar surface area (TPSA) is 110 Å². The Labute approximate surface area is 168 Å². The lowest BCUT2D eigenvalue weighted by Crippen LogP contribution is -2.42. The first-order valence-electron chi connectivity index (χ1n) is 8.25. The number of nitrogen functional groups attached to an aromatic ring is 1. The van der Waals surface area contributed by atoms with Crippen molar-refractivity contribution in [2.75, 3.05) is 30.9 Å². The maximum Gasteiger partial charge on any atom is 0.330 e. The van der Waals surface area contributed by atoms with Crippen LogP contribution in [-0.2, 0) is 16.1 Å². The second-order valence-electron chi connectivity index (χ2n) is 5.60. The molecule has 0 saturated heterocycles. The van der Waals surface area contributed by atoms with Crippen LogP contribution in [0.1, 0.15) is 18.2 Å². The van der Waals surface area contributed by atoms with Gasteiger partial charge in [-0.2, -0.15) is 0 Å². The van der Waals surface area contributed by atoms with E-state index in [1.165, 1.54) is 34.0 Å². The van der Waals surface area contributed by atoms with Crippen molar-refractivity contribution in [2.45, 2.75) is 19.9 Å². The summed E-state index contributed by atoms with van der Waals surface area (Å²) < 4.78 is 7.24. The van der Waals surface area contributed by atoms with Gasteiger partial charge in [0.15, 0.2) is 5.69 Å². The predicted octanol–water partition coefficient (Wildman–Crippen LogP) is 2.05. The SMILES string of the molecule is CCCn1c(N)c(N(CCOC)C(=O)/C=C/c2ccc(Br)s2)c(=O)[nH]c1=O. The van der Waals surface area contributed by atoms with E-state index in [4.69, 9.17) is 10.5 Å². The summed E-state index contributed by atoms with van der Waals surface area (Å²) in [6, 6.07) is 3.74. The number of anilines is 2. The van der Waals surface area contributed by atoms with Crippen molar-refractivity contribution in [1.29, 1.82) is 0 Å². The van der Waals surface area contributed by atoms with Crippen LogP contribution in [0.5, 0.6) is 0 Å². The number of methoxy groups -OCH3 is 1. The lowest BCUT2D eigenvalue weighted by atomic mass is 10.3. The quantitative estimate of drug-likeness (QED) is 0.590. The van der Waals surface area contributed by atoms with Gasteiger partial charge in [-0.25, -0.2) is 4.79 Å². The van der Waals surface area contributed by atoms with Gasteiger partial charge in [0, 0.05) is 31.2 Å². The molecule has 2 heterocycles. The van der Waals surface area contributed by atoms with Crippen LogP contribution in [0.25, 0.3) is 6.08 Å². The predicted molar refractivity (Wildman–Crippen MR) is 111 cm³/mol. The van der Waals surface area contributed by atoms with Crippen molar-refractivity contribution in [2.24, 2.45) is 0 Å². The van der Waals surface area contributed by atoms with Gasteiger partial charge in [0.25, 0.3) is 11.5 Å². The number of H-pyrrole nitrogens is 1. The molecule has 8 nitrogen and oxygen atoms in total. The minimum absolute atomic E-state index is 0.0395. The molecule has 0 atom stereocenters. The number of thiophene rings is 1. The van der Waals surface area contributed by atoms with Gasteiger partial charge in [0.05, 0.1) is 10.4 Å². The molecule has 0 fully saturated rings. The van der Waals surface area contributed by atoms with Gasteiger partial charge < -0.3 is 10.5 Å². The van der Waals surface area contributed by atoms with E-state index < -0.39 is 17.2 Å². The molecule has 0 unspecified atom stereocenters. The van der Waals surface area contributed by atoms with E-state index in [2.05, 4.69) is 20.9 Å². The number of nitrogens with zero attached hydrogens (tertiary/aromatic N) is 2. The van der Waals surface area contributed by atoms with Crippen LogP contribution in [0.15, 0.2) is 31.6 Å². The number of ether oxygens (including phenoxy) is 1. The summed E-state index contributed by atoms with van der Waals surface area (Å²) in [7, 11) is 1.49. The number of carbonyl (C=O) groups is 1. The van der Waals surface area contributed by atoms with Crippen LogP contribution < -0.4 is 21.9 Å². The smallest absolute Gasteiger partial charge is 0.330 e. The summed E-state index contributed by atoms with van der Waals surface area (Å²) in [6.07, 6.45) is 3.67. The molecule has 0 aliphatic carbocycles. The fraction of sp³-hybridized carbons (Fsp3) is 0.353. The summed E-state index contributed by atoms with van der Waals surface area (Å²) in [6.45, 7) is 2.54. The minimum atomic E-state index is -0.707. The highest BCUT2D eigenvalue weighted by atomic mass is 79.9. The summed E-state index contributed by atoms with van der Waals surface area (Å²) in [4.78, 5) is 41.5. The maximum atomic E-state index is 12.8. The summed E-state index contributed by atoms with van der Waals surface area (Å²) in [5, 5.41) is 0. The highest BCUT2D eigenvalue weighted by Crippen LogP contribution is 2.23. The largest absolute Gasteiger partial charge is 0.383 e. The van der Waals surface area contributed by atoms with Gasteiger partial charge >= 0.3 is 5.69 Å². The van der Waals surface area contributed by atoms with Crippen LogP contribution in [-0.4, -0.2) is 35.7 Å². The lowest BCUT2D eigenvalue weighted by Gasteiger charge is -2.23. The van der Waals surface area contributed by atoms with Crippen LogP contribution in [0.3, 0.4) is 0 Å². The Balaban J connectivity index is 2.45. The van der Waals surface area contributed by atoms with Crippen molar-refractivity contribution < 1.29 is 9.53 Å². The van der Waals surface area contributed by atoms with Gasteiger partial charge in [0.2, 0.25) is 0 Å². The molecule has 146 valence electrons.